The highest BCUT2D eigenvalue weighted by Crippen LogP contribution is 2.37. The molecule has 4 fully saturated rings. The highest BCUT2D eigenvalue weighted by atomic mass is 28.5. The molecule has 17 heteroatoms. The monoisotopic (exact) mass is 953 g/mol. The van der Waals surface area contributed by atoms with Gasteiger partial charge in [-0.15, -0.1) is 0 Å². The van der Waals surface area contributed by atoms with Crippen molar-refractivity contribution in [3.63, 3.8) is 0 Å². The zero-order chi connectivity index (χ0) is 44.8. The summed E-state index contributed by atoms with van der Waals surface area (Å²) in [7, 11) is -13.3. The Kier molecular flexibility index (Phi) is 21.4. The zero-order valence-electron chi connectivity index (χ0n) is 41.2. The molecule has 360 valence electrons. The summed E-state index contributed by atoms with van der Waals surface area (Å²) in [6.45, 7) is 39.8. The molecule has 0 saturated carbocycles. The lowest BCUT2D eigenvalue weighted by Crippen LogP contribution is -2.66. The summed E-state index contributed by atoms with van der Waals surface area (Å²) in [6, 6.07) is 3.74. The average Bonchev–Trinajstić information content (AvgIpc) is 3.10. The van der Waals surface area contributed by atoms with E-state index in [1.807, 2.05) is 0 Å². The van der Waals surface area contributed by atoms with Crippen LogP contribution in [0.25, 0.3) is 0 Å². The van der Waals surface area contributed by atoms with Crippen LogP contribution in [0.3, 0.4) is 0 Å². The van der Waals surface area contributed by atoms with Crippen LogP contribution in [0.4, 0.5) is 0 Å². The van der Waals surface area contributed by atoms with Crippen molar-refractivity contribution < 1.29 is 54.4 Å². The molecule has 0 aromatic heterocycles. The van der Waals surface area contributed by atoms with Crippen molar-refractivity contribution in [1.29, 1.82) is 0 Å². The van der Waals surface area contributed by atoms with Gasteiger partial charge in [-0.05, 0) is 128 Å². The lowest BCUT2D eigenvalue weighted by atomic mass is 9.84. The summed E-state index contributed by atoms with van der Waals surface area (Å²) < 4.78 is 77.5. The first-order valence-electron chi connectivity index (χ1n) is 24.2. The third kappa shape index (κ3) is 17.6. The summed E-state index contributed by atoms with van der Waals surface area (Å²) in [6.07, 6.45) is 8.04. The fourth-order valence-corrected chi connectivity index (χ4v) is 28.1. The Bertz CT molecular complexity index is 1050. The fraction of sp³-hybridized carbons (Fsp3) is 1.00. The molecule has 0 aromatic carbocycles. The molecule has 4 rings (SSSR count). The lowest BCUT2D eigenvalue weighted by Gasteiger charge is -2.46. The van der Waals surface area contributed by atoms with Gasteiger partial charge in [-0.2, -0.15) is 0 Å². The molecular weight excluding hydrogens is 861 g/mol. The average molecular weight is 954 g/mol. The molecule has 61 heavy (non-hydrogen) atoms. The van der Waals surface area contributed by atoms with Crippen molar-refractivity contribution in [2.45, 2.75) is 156 Å². The first-order valence-corrected chi connectivity index (χ1v) is 38.2. The molecule has 0 amide bonds. The van der Waals surface area contributed by atoms with Crippen LogP contribution in [-0.2, 0) is 54.4 Å². The molecule has 0 aliphatic carbocycles. The van der Waals surface area contributed by atoms with Gasteiger partial charge in [-0.3, -0.25) is 0 Å². The van der Waals surface area contributed by atoms with E-state index in [4.69, 9.17) is 54.4 Å². The molecule has 4 aliphatic rings. The van der Waals surface area contributed by atoms with Gasteiger partial charge in [0.15, 0.2) is 33.3 Å². The molecule has 4 heterocycles. The largest absolute Gasteiger partial charge is 0.636 e. The lowest BCUT2D eigenvalue weighted by molar-refractivity contribution is -0.150. The number of rotatable bonds is 36. The quantitative estimate of drug-likeness (QED) is 0.0441. The molecular formula is C44H92O12Si5. The molecule has 0 radical (unpaired) electrons. The van der Waals surface area contributed by atoms with E-state index < -0.39 is 42.3 Å². The summed E-state index contributed by atoms with van der Waals surface area (Å²) in [5, 5.41) is 0. The van der Waals surface area contributed by atoms with Crippen LogP contribution in [0.5, 0.6) is 0 Å². The van der Waals surface area contributed by atoms with E-state index >= 15 is 0 Å². The number of hydrogen-bond donors (Lipinski definition) is 0. The van der Waals surface area contributed by atoms with Crippen molar-refractivity contribution in [2.75, 3.05) is 106 Å². The van der Waals surface area contributed by atoms with Crippen LogP contribution in [0.1, 0.15) is 79.1 Å². The Morgan fingerprint density at radius 1 is 0.344 bits per heavy atom. The van der Waals surface area contributed by atoms with Crippen LogP contribution in [-0.4, -0.2) is 148 Å². The van der Waals surface area contributed by atoms with Gasteiger partial charge < -0.3 is 54.4 Å². The second kappa shape index (κ2) is 24.1. The van der Waals surface area contributed by atoms with Gasteiger partial charge in [0.2, 0.25) is 0 Å². The third-order valence-electron chi connectivity index (χ3n) is 13.8. The van der Waals surface area contributed by atoms with E-state index in [0.717, 1.165) is 155 Å². The van der Waals surface area contributed by atoms with Gasteiger partial charge in [0, 0.05) is 48.1 Å². The van der Waals surface area contributed by atoms with Crippen LogP contribution in [0.15, 0.2) is 0 Å². The van der Waals surface area contributed by atoms with Crippen molar-refractivity contribution in [1.82, 2.24) is 0 Å². The molecule has 0 spiro atoms. The maximum absolute atomic E-state index is 7.57. The standard InChI is InChI=1S/C44H92O12Si5/c1-13-41(33-49-34-41)29-45-21-17-25-57(5,6)53-61(54-58(7,8)26-18-22-46-30-42(14-2)35-50-36-42,55-59(9,10)27-19-23-47-31-43(15-3)37-51-38-43)56-60(11,12)28-20-24-48-32-44(16-4)39-52-40-44/h13-40H2,1-12H3. The van der Waals surface area contributed by atoms with Crippen molar-refractivity contribution in [3.8, 4) is 0 Å². The highest BCUT2D eigenvalue weighted by molar-refractivity contribution is 6.92. The van der Waals surface area contributed by atoms with Crippen LogP contribution < -0.4 is 0 Å². The summed E-state index contributed by atoms with van der Waals surface area (Å²) in [5.41, 5.74) is 0.722. The van der Waals surface area contributed by atoms with E-state index in [9.17, 15) is 0 Å². The van der Waals surface area contributed by atoms with Gasteiger partial charge in [-0.1, -0.05) is 27.7 Å². The predicted octanol–water partition coefficient (Wildman–Crippen LogP) is 9.64. The predicted molar refractivity (Wildman–Crippen MR) is 255 cm³/mol. The normalized spacial score (nSPS) is 21.0. The number of ether oxygens (including phenoxy) is 8. The van der Waals surface area contributed by atoms with Crippen LogP contribution in [0, 0.1) is 21.7 Å². The smallest absolute Gasteiger partial charge is 0.396 e. The Morgan fingerprint density at radius 2 is 0.541 bits per heavy atom. The van der Waals surface area contributed by atoms with E-state index in [2.05, 4.69) is 80.1 Å². The zero-order valence-corrected chi connectivity index (χ0v) is 46.2. The summed E-state index contributed by atoms with van der Waals surface area (Å²) in [5.74, 6) is 0. The Labute approximate surface area is 378 Å². The topological polar surface area (TPSA) is 111 Å². The molecule has 0 N–H and O–H groups in total. The minimum Gasteiger partial charge on any atom is -0.396 e. The third-order valence-corrected chi connectivity index (χ3v) is 32.8. The Morgan fingerprint density at radius 3 is 0.689 bits per heavy atom. The molecule has 4 saturated heterocycles. The van der Waals surface area contributed by atoms with Crippen LogP contribution >= 0.6 is 0 Å². The highest BCUT2D eigenvalue weighted by Gasteiger charge is 2.58. The molecule has 0 aromatic rings. The van der Waals surface area contributed by atoms with E-state index in [1.54, 1.807) is 0 Å². The maximum Gasteiger partial charge on any atom is 0.636 e. The molecule has 0 bridgehead atoms. The molecule has 0 atom stereocenters. The van der Waals surface area contributed by atoms with Gasteiger partial charge in [0.25, 0.3) is 0 Å². The second-order valence-corrected chi connectivity index (χ2v) is 42.3. The van der Waals surface area contributed by atoms with E-state index in [-0.39, 0.29) is 21.7 Å². The van der Waals surface area contributed by atoms with Gasteiger partial charge in [0.1, 0.15) is 0 Å². The van der Waals surface area contributed by atoms with Crippen LogP contribution in [0.2, 0.25) is 76.6 Å². The van der Waals surface area contributed by atoms with E-state index in [0.29, 0.717) is 26.4 Å². The Balaban J connectivity index is 1.48. The minimum absolute atomic E-state index is 0.180. The molecule has 4 aliphatic heterocycles. The number of hydrogen-bond acceptors (Lipinski definition) is 12. The fourth-order valence-electron chi connectivity index (χ4n) is 8.36. The van der Waals surface area contributed by atoms with Gasteiger partial charge in [0.05, 0.1) is 79.3 Å². The molecule has 12 nitrogen and oxygen atoms in total. The van der Waals surface area contributed by atoms with Gasteiger partial charge >= 0.3 is 9.05 Å². The summed E-state index contributed by atoms with van der Waals surface area (Å²) >= 11 is 0. The van der Waals surface area contributed by atoms with Crippen molar-refractivity contribution in [2.24, 2.45) is 21.7 Å². The second-order valence-electron chi connectivity index (χ2n) is 22.0. The maximum atomic E-state index is 7.57. The Hall–Kier alpha value is 0.604. The van der Waals surface area contributed by atoms with Crippen molar-refractivity contribution in [3.05, 3.63) is 0 Å². The van der Waals surface area contributed by atoms with Gasteiger partial charge in [-0.25, -0.2) is 0 Å². The first kappa shape index (κ1) is 54.2. The first-order chi connectivity index (χ1) is 28.7. The van der Waals surface area contributed by atoms with E-state index in [1.165, 1.54) is 0 Å². The SMILES string of the molecule is CCC1(COCCC[Si](C)(C)O[Si](O[Si](C)(C)CCCOCC2(CC)COC2)(O[Si](C)(C)CCCOCC2(CC)COC2)O[Si](C)(C)CCCOCC2(CC)COC2)COC1. The minimum atomic E-state index is -3.72. The van der Waals surface area contributed by atoms with Crippen molar-refractivity contribution >= 4 is 42.3 Å². The molecule has 0 unspecified atom stereocenters. The summed E-state index contributed by atoms with van der Waals surface area (Å²) in [4.78, 5) is 0.